The van der Waals surface area contributed by atoms with Crippen LogP contribution in [0.4, 0.5) is 11.4 Å². The van der Waals surface area contributed by atoms with Crippen LogP contribution in [0.2, 0.25) is 0 Å². The van der Waals surface area contributed by atoms with Crippen LogP contribution >= 0.6 is 0 Å². The Balaban J connectivity index is 2.64. The highest BCUT2D eigenvalue weighted by molar-refractivity contribution is 5.59. The molecule has 0 aliphatic rings. The summed E-state index contributed by atoms with van der Waals surface area (Å²) in [7, 11) is 1.65. The van der Waals surface area contributed by atoms with Crippen molar-refractivity contribution < 1.29 is 4.74 Å². The Kier molecular flexibility index (Phi) is 4.28. The Morgan fingerprint density at radius 1 is 1.40 bits per heavy atom. The largest absolute Gasteiger partial charge is 0.497 e. The summed E-state index contributed by atoms with van der Waals surface area (Å²) >= 11 is 0. The number of benzene rings is 1. The second kappa shape index (κ2) is 5.49. The van der Waals surface area contributed by atoms with E-state index in [9.17, 15) is 0 Å². The summed E-state index contributed by atoms with van der Waals surface area (Å²) in [4.78, 5) is 0. The van der Waals surface area contributed by atoms with Gasteiger partial charge in [0.15, 0.2) is 0 Å². The van der Waals surface area contributed by atoms with E-state index in [0.29, 0.717) is 5.92 Å². The molecule has 0 saturated heterocycles. The van der Waals surface area contributed by atoms with Gasteiger partial charge in [0.25, 0.3) is 0 Å². The van der Waals surface area contributed by atoms with Gasteiger partial charge in [0.05, 0.1) is 7.11 Å². The minimum absolute atomic E-state index is 0.664. The number of hydrogen-bond donors (Lipinski definition) is 2. The van der Waals surface area contributed by atoms with Crippen molar-refractivity contribution in [2.45, 2.75) is 20.3 Å². The lowest BCUT2D eigenvalue weighted by Crippen LogP contribution is -2.10. The molecule has 0 spiro atoms. The summed E-state index contributed by atoms with van der Waals surface area (Å²) in [6.45, 7) is 5.37. The number of nitrogens with two attached hydrogens (primary N) is 1. The molecule has 84 valence electrons. The molecule has 0 aromatic heterocycles. The second-order valence-corrected chi connectivity index (χ2v) is 3.89. The number of hydrogen-bond acceptors (Lipinski definition) is 3. The minimum Gasteiger partial charge on any atom is -0.497 e. The first kappa shape index (κ1) is 11.7. The Bertz CT molecular complexity index is 312. The molecule has 0 bridgehead atoms. The molecule has 1 atom stereocenters. The van der Waals surface area contributed by atoms with Crippen LogP contribution in [0.25, 0.3) is 0 Å². The van der Waals surface area contributed by atoms with Crippen LogP contribution in [0.1, 0.15) is 20.3 Å². The molecule has 0 amide bonds. The fraction of sp³-hybridized carbons (Fsp3) is 0.500. The van der Waals surface area contributed by atoms with Gasteiger partial charge in [-0.05, 0) is 12.0 Å². The Morgan fingerprint density at radius 2 is 2.13 bits per heavy atom. The van der Waals surface area contributed by atoms with Gasteiger partial charge in [-0.25, -0.2) is 0 Å². The predicted molar refractivity (Wildman–Crippen MR) is 65.4 cm³/mol. The molecule has 3 N–H and O–H groups in total. The van der Waals surface area contributed by atoms with Gasteiger partial charge >= 0.3 is 0 Å². The van der Waals surface area contributed by atoms with Crippen LogP contribution < -0.4 is 15.8 Å². The van der Waals surface area contributed by atoms with Crippen molar-refractivity contribution in [3.63, 3.8) is 0 Å². The summed E-state index contributed by atoms with van der Waals surface area (Å²) < 4.78 is 5.15. The summed E-state index contributed by atoms with van der Waals surface area (Å²) in [5.41, 5.74) is 7.50. The van der Waals surface area contributed by atoms with Crippen LogP contribution in [0.5, 0.6) is 5.75 Å². The SMILES string of the molecule is CCC(C)CNc1cc(N)cc(OC)c1. The van der Waals surface area contributed by atoms with E-state index in [0.717, 1.165) is 23.7 Å². The van der Waals surface area contributed by atoms with Crippen LogP contribution in [-0.4, -0.2) is 13.7 Å². The number of ether oxygens (including phenoxy) is 1. The van der Waals surface area contributed by atoms with Crippen molar-refractivity contribution in [2.75, 3.05) is 24.7 Å². The third kappa shape index (κ3) is 3.70. The van der Waals surface area contributed by atoms with Gasteiger partial charge in [0.1, 0.15) is 5.75 Å². The molecule has 3 nitrogen and oxygen atoms in total. The van der Waals surface area contributed by atoms with Crippen LogP contribution in [0.15, 0.2) is 18.2 Å². The van der Waals surface area contributed by atoms with E-state index in [1.165, 1.54) is 6.42 Å². The van der Waals surface area contributed by atoms with Gasteiger partial charge in [0.2, 0.25) is 0 Å². The Hall–Kier alpha value is -1.38. The molecule has 1 aromatic rings. The fourth-order valence-corrected chi connectivity index (χ4v) is 1.28. The zero-order chi connectivity index (χ0) is 11.3. The summed E-state index contributed by atoms with van der Waals surface area (Å²) in [5.74, 6) is 1.46. The molecule has 15 heavy (non-hydrogen) atoms. The van der Waals surface area contributed by atoms with E-state index in [4.69, 9.17) is 10.5 Å². The van der Waals surface area contributed by atoms with E-state index in [1.54, 1.807) is 7.11 Å². The fourth-order valence-electron chi connectivity index (χ4n) is 1.28. The Labute approximate surface area is 91.6 Å². The number of nitrogens with one attached hydrogen (secondary N) is 1. The van der Waals surface area contributed by atoms with E-state index in [1.807, 2.05) is 18.2 Å². The maximum absolute atomic E-state index is 5.75. The highest BCUT2D eigenvalue weighted by Crippen LogP contribution is 2.22. The van der Waals surface area contributed by atoms with Crippen molar-refractivity contribution in [3.8, 4) is 5.75 Å². The van der Waals surface area contributed by atoms with Crippen molar-refractivity contribution in [2.24, 2.45) is 5.92 Å². The molecule has 1 aromatic carbocycles. The molecule has 0 saturated carbocycles. The predicted octanol–water partition coefficient (Wildman–Crippen LogP) is 2.74. The quantitative estimate of drug-likeness (QED) is 0.731. The average Bonchev–Trinajstić information content (AvgIpc) is 2.25. The molecular weight excluding hydrogens is 188 g/mol. The van der Waals surface area contributed by atoms with Crippen molar-refractivity contribution >= 4 is 11.4 Å². The molecule has 1 unspecified atom stereocenters. The smallest absolute Gasteiger partial charge is 0.122 e. The number of methoxy groups -OCH3 is 1. The summed E-state index contributed by atoms with van der Waals surface area (Å²) in [6.07, 6.45) is 1.17. The molecule has 0 aliphatic carbocycles. The minimum atomic E-state index is 0.664. The van der Waals surface area contributed by atoms with Crippen LogP contribution in [0.3, 0.4) is 0 Å². The molecule has 1 rings (SSSR count). The zero-order valence-corrected chi connectivity index (χ0v) is 9.71. The number of rotatable bonds is 5. The topological polar surface area (TPSA) is 47.3 Å². The van der Waals surface area contributed by atoms with Gasteiger partial charge in [-0.2, -0.15) is 0 Å². The Morgan fingerprint density at radius 3 is 2.73 bits per heavy atom. The lowest BCUT2D eigenvalue weighted by Gasteiger charge is -2.12. The van der Waals surface area contributed by atoms with Gasteiger partial charge in [-0.15, -0.1) is 0 Å². The van der Waals surface area contributed by atoms with E-state index in [2.05, 4.69) is 19.2 Å². The highest BCUT2D eigenvalue weighted by atomic mass is 16.5. The number of nitrogen functional groups attached to an aromatic ring is 1. The van der Waals surface area contributed by atoms with Gasteiger partial charge < -0.3 is 15.8 Å². The van der Waals surface area contributed by atoms with Crippen LogP contribution in [0, 0.1) is 5.92 Å². The first-order valence-corrected chi connectivity index (χ1v) is 5.34. The first-order chi connectivity index (χ1) is 7.15. The summed E-state index contributed by atoms with van der Waals surface area (Å²) in [5, 5.41) is 3.35. The van der Waals surface area contributed by atoms with Gasteiger partial charge in [0, 0.05) is 30.1 Å². The number of anilines is 2. The van der Waals surface area contributed by atoms with Crippen molar-refractivity contribution in [3.05, 3.63) is 18.2 Å². The van der Waals surface area contributed by atoms with Gasteiger partial charge in [-0.1, -0.05) is 20.3 Å². The molecular formula is C12H20N2O. The molecule has 0 fully saturated rings. The molecule has 0 radical (unpaired) electrons. The van der Waals surface area contributed by atoms with E-state index in [-0.39, 0.29) is 0 Å². The standard InChI is InChI=1S/C12H20N2O/c1-4-9(2)8-14-11-5-10(13)6-12(7-11)15-3/h5-7,9,14H,4,8,13H2,1-3H3. The summed E-state index contributed by atoms with van der Waals surface area (Å²) in [6, 6.07) is 5.69. The van der Waals surface area contributed by atoms with Crippen molar-refractivity contribution in [1.29, 1.82) is 0 Å². The zero-order valence-electron chi connectivity index (χ0n) is 9.71. The lowest BCUT2D eigenvalue weighted by molar-refractivity contribution is 0.415. The highest BCUT2D eigenvalue weighted by Gasteiger charge is 2.01. The van der Waals surface area contributed by atoms with Crippen molar-refractivity contribution in [1.82, 2.24) is 0 Å². The third-order valence-electron chi connectivity index (χ3n) is 2.52. The van der Waals surface area contributed by atoms with E-state index >= 15 is 0 Å². The average molecular weight is 208 g/mol. The lowest BCUT2D eigenvalue weighted by atomic mass is 10.1. The first-order valence-electron chi connectivity index (χ1n) is 5.34. The molecule has 0 heterocycles. The maximum atomic E-state index is 5.75. The second-order valence-electron chi connectivity index (χ2n) is 3.89. The van der Waals surface area contributed by atoms with Gasteiger partial charge in [-0.3, -0.25) is 0 Å². The monoisotopic (exact) mass is 208 g/mol. The normalized spacial score (nSPS) is 12.2. The maximum Gasteiger partial charge on any atom is 0.122 e. The van der Waals surface area contributed by atoms with E-state index < -0.39 is 0 Å². The van der Waals surface area contributed by atoms with Crippen LogP contribution in [-0.2, 0) is 0 Å². The third-order valence-corrected chi connectivity index (χ3v) is 2.52. The molecule has 0 aliphatic heterocycles. The molecule has 3 heteroatoms.